The van der Waals surface area contributed by atoms with Gasteiger partial charge in [0.2, 0.25) is 0 Å². The standard InChI is InChI=1S/C16H16BrClO3/c1-2-21-16(20)12-6-4-3-5-11(12)15(19)13-8-7-10(17)9-14(13)18/h3-4,7-9,11-12H,2,5-6H2,1H3. The predicted octanol–water partition coefficient (Wildman–Crippen LogP) is 4.43. The molecule has 0 amide bonds. The molecule has 5 heteroatoms. The van der Waals surface area contributed by atoms with E-state index in [2.05, 4.69) is 15.9 Å². The minimum Gasteiger partial charge on any atom is -0.466 e. The Labute approximate surface area is 137 Å². The number of halogens is 2. The second-order valence-electron chi connectivity index (χ2n) is 4.90. The third kappa shape index (κ3) is 3.74. The number of benzene rings is 1. The average molecular weight is 372 g/mol. The Morgan fingerprint density at radius 3 is 2.57 bits per heavy atom. The molecule has 0 heterocycles. The Morgan fingerprint density at radius 2 is 1.95 bits per heavy atom. The normalized spacial score (nSPS) is 21.1. The van der Waals surface area contributed by atoms with Crippen LogP contribution in [-0.4, -0.2) is 18.4 Å². The van der Waals surface area contributed by atoms with Gasteiger partial charge in [0.15, 0.2) is 5.78 Å². The summed E-state index contributed by atoms with van der Waals surface area (Å²) in [5, 5.41) is 0.395. The Hall–Kier alpha value is -1.13. The molecule has 2 rings (SSSR count). The molecule has 0 radical (unpaired) electrons. The monoisotopic (exact) mass is 370 g/mol. The lowest BCUT2D eigenvalue weighted by Crippen LogP contribution is -2.32. The summed E-state index contributed by atoms with van der Waals surface area (Å²) < 4.78 is 5.90. The van der Waals surface area contributed by atoms with Gasteiger partial charge in [0.05, 0.1) is 17.5 Å². The molecule has 0 saturated heterocycles. The van der Waals surface area contributed by atoms with Crippen molar-refractivity contribution >= 4 is 39.3 Å². The molecule has 112 valence electrons. The first kappa shape index (κ1) is 16.2. The van der Waals surface area contributed by atoms with E-state index in [0.29, 0.717) is 30.0 Å². The van der Waals surface area contributed by atoms with Gasteiger partial charge in [-0.3, -0.25) is 9.59 Å². The van der Waals surface area contributed by atoms with Crippen LogP contribution in [0.25, 0.3) is 0 Å². The zero-order valence-corrected chi connectivity index (χ0v) is 14.0. The van der Waals surface area contributed by atoms with E-state index < -0.39 is 11.8 Å². The van der Waals surface area contributed by atoms with Crippen molar-refractivity contribution in [2.45, 2.75) is 19.8 Å². The highest BCUT2D eigenvalue weighted by molar-refractivity contribution is 9.10. The van der Waals surface area contributed by atoms with Gasteiger partial charge in [-0.15, -0.1) is 0 Å². The van der Waals surface area contributed by atoms with Gasteiger partial charge in [0.25, 0.3) is 0 Å². The summed E-state index contributed by atoms with van der Waals surface area (Å²) in [5.41, 5.74) is 0.453. The number of allylic oxidation sites excluding steroid dienone is 2. The van der Waals surface area contributed by atoms with Gasteiger partial charge in [-0.25, -0.2) is 0 Å². The van der Waals surface area contributed by atoms with Crippen molar-refractivity contribution in [2.75, 3.05) is 6.61 Å². The largest absolute Gasteiger partial charge is 0.466 e. The molecule has 1 aromatic rings. The highest BCUT2D eigenvalue weighted by atomic mass is 79.9. The average Bonchev–Trinajstić information content (AvgIpc) is 2.47. The van der Waals surface area contributed by atoms with Gasteiger partial charge in [0, 0.05) is 16.0 Å². The van der Waals surface area contributed by atoms with Crippen LogP contribution in [0.5, 0.6) is 0 Å². The number of ether oxygens (including phenoxy) is 1. The molecule has 21 heavy (non-hydrogen) atoms. The summed E-state index contributed by atoms with van der Waals surface area (Å²) in [7, 11) is 0. The van der Waals surface area contributed by atoms with Crippen LogP contribution < -0.4 is 0 Å². The Kier molecular flexibility index (Phi) is 5.59. The SMILES string of the molecule is CCOC(=O)C1CC=CCC1C(=O)c1ccc(Br)cc1Cl. The predicted molar refractivity (Wildman–Crippen MR) is 85.5 cm³/mol. The van der Waals surface area contributed by atoms with Crippen LogP contribution >= 0.6 is 27.5 Å². The number of esters is 1. The van der Waals surface area contributed by atoms with Gasteiger partial charge in [-0.1, -0.05) is 39.7 Å². The highest BCUT2D eigenvalue weighted by Crippen LogP contribution is 2.32. The zero-order chi connectivity index (χ0) is 15.4. The smallest absolute Gasteiger partial charge is 0.309 e. The zero-order valence-electron chi connectivity index (χ0n) is 11.6. The molecular formula is C16H16BrClO3. The molecule has 0 spiro atoms. The summed E-state index contributed by atoms with van der Waals surface area (Å²) in [5.74, 6) is -1.25. The molecule has 2 unspecified atom stereocenters. The van der Waals surface area contributed by atoms with E-state index in [1.807, 2.05) is 12.2 Å². The van der Waals surface area contributed by atoms with Crippen LogP contribution in [0, 0.1) is 11.8 Å². The van der Waals surface area contributed by atoms with Gasteiger partial charge >= 0.3 is 5.97 Å². The Morgan fingerprint density at radius 1 is 1.29 bits per heavy atom. The Bertz CT molecular complexity index is 583. The molecule has 0 bridgehead atoms. The molecular weight excluding hydrogens is 356 g/mol. The van der Waals surface area contributed by atoms with Crippen molar-refractivity contribution in [1.82, 2.24) is 0 Å². The van der Waals surface area contributed by atoms with Crippen LogP contribution in [-0.2, 0) is 9.53 Å². The number of rotatable bonds is 4. The van der Waals surface area contributed by atoms with Crippen LogP contribution in [0.4, 0.5) is 0 Å². The van der Waals surface area contributed by atoms with Gasteiger partial charge < -0.3 is 4.74 Å². The maximum absolute atomic E-state index is 12.7. The summed E-state index contributed by atoms with van der Waals surface area (Å²) in [6.45, 7) is 2.08. The minimum atomic E-state index is -0.429. The minimum absolute atomic E-state index is 0.102. The van der Waals surface area contributed by atoms with Gasteiger partial charge in [-0.2, -0.15) is 0 Å². The number of hydrogen-bond donors (Lipinski definition) is 0. The molecule has 1 aromatic carbocycles. The fourth-order valence-electron chi connectivity index (χ4n) is 2.50. The van der Waals surface area contributed by atoms with E-state index in [1.54, 1.807) is 25.1 Å². The quantitative estimate of drug-likeness (QED) is 0.447. The third-order valence-corrected chi connectivity index (χ3v) is 4.36. The van der Waals surface area contributed by atoms with Crippen LogP contribution in [0.3, 0.4) is 0 Å². The summed E-state index contributed by atoms with van der Waals surface area (Å²) >= 11 is 9.46. The van der Waals surface area contributed by atoms with E-state index in [9.17, 15) is 9.59 Å². The van der Waals surface area contributed by atoms with Crippen LogP contribution in [0.1, 0.15) is 30.1 Å². The van der Waals surface area contributed by atoms with E-state index >= 15 is 0 Å². The van der Waals surface area contributed by atoms with Crippen molar-refractivity contribution in [2.24, 2.45) is 11.8 Å². The summed E-state index contributed by atoms with van der Waals surface area (Å²) in [6.07, 6.45) is 4.93. The lowest BCUT2D eigenvalue weighted by molar-refractivity contribution is -0.149. The van der Waals surface area contributed by atoms with Gasteiger partial charge in [0.1, 0.15) is 0 Å². The lowest BCUT2D eigenvalue weighted by atomic mass is 9.78. The van der Waals surface area contributed by atoms with E-state index in [1.165, 1.54) is 0 Å². The molecule has 0 N–H and O–H groups in total. The first-order valence-corrected chi connectivity index (χ1v) is 8.02. The maximum atomic E-state index is 12.7. The summed E-state index contributed by atoms with van der Waals surface area (Å²) in [6, 6.07) is 5.15. The molecule has 1 aliphatic carbocycles. The van der Waals surface area contributed by atoms with Crippen molar-refractivity contribution in [3.8, 4) is 0 Å². The number of Topliss-reactive ketones (excluding diaryl/α,β-unsaturated/α-hetero) is 1. The fraction of sp³-hybridized carbons (Fsp3) is 0.375. The van der Waals surface area contributed by atoms with Crippen LogP contribution in [0.15, 0.2) is 34.8 Å². The van der Waals surface area contributed by atoms with E-state index in [-0.39, 0.29) is 11.8 Å². The molecule has 0 aromatic heterocycles. The number of ketones is 1. The second kappa shape index (κ2) is 7.23. The number of hydrogen-bond acceptors (Lipinski definition) is 3. The van der Waals surface area contributed by atoms with Crippen molar-refractivity contribution < 1.29 is 14.3 Å². The van der Waals surface area contributed by atoms with Crippen molar-refractivity contribution in [1.29, 1.82) is 0 Å². The van der Waals surface area contributed by atoms with Crippen LogP contribution in [0.2, 0.25) is 5.02 Å². The Balaban J connectivity index is 2.27. The first-order chi connectivity index (χ1) is 10.0. The van der Waals surface area contributed by atoms with E-state index in [4.69, 9.17) is 16.3 Å². The molecule has 0 fully saturated rings. The molecule has 3 nitrogen and oxygen atoms in total. The number of carbonyl (C=O) groups is 2. The third-order valence-electron chi connectivity index (χ3n) is 3.56. The number of carbonyl (C=O) groups excluding carboxylic acids is 2. The topological polar surface area (TPSA) is 43.4 Å². The lowest BCUT2D eigenvalue weighted by Gasteiger charge is -2.26. The fourth-order valence-corrected chi connectivity index (χ4v) is 3.27. The van der Waals surface area contributed by atoms with Crippen molar-refractivity contribution in [3.63, 3.8) is 0 Å². The van der Waals surface area contributed by atoms with Gasteiger partial charge in [-0.05, 0) is 38.0 Å². The molecule has 2 atom stereocenters. The molecule has 0 aliphatic heterocycles. The summed E-state index contributed by atoms with van der Waals surface area (Å²) in [4.78, 5) is 24.7. The first-order valence-electron chi connectivity index (χ1n) is 6.85. The maximum Gasteiger partial charge on any atom is 0.309 e. The highest BCUT2D eigenvalue weighted by Gasteiger charge is 2.36. The molecule has 0 saturated carbocycles. The molecule has 1 aliphatic rings. The second-order valence-corrected chi connectivity index (χ2v) is 6.22. The van der Waals surface area contributed by atoms with Crippen molar-refractivity contribution in [3.05, 3.63) is 45.4 Å². The van der Waals surface area contributed by atoms with E-state index in [0.717, 1.165) is 4.47 Å².